The summed E-state index contributed by atoms with van der Waals surface area (Å²) in [6, 6.07) is 0. The summed E-state index contributed by atoms with van der Waals surface area (Å²) in [5.41, 5.74) is 8.18. The van der Waals surface area contributed by atoms with Crippen LogP contribution in [0.15, 0.2) is 5.11 Å². The van der Waals surface area contributed by atoms with E-state index in [9.17, 15) is 4.79 Å². The minimum absolute atomic E-state index is 0.117. The van der Waals surface area contributed by atoms with Crippen molar-refractivity contribution in [2.24, 2.45) is 17.0 Å². The van der Waals surface area contributed by atoms with Gasteiger partial charge in [-0.25, -0.2) is 0 Å². The summed E-state index contributed by atoms with van der Waals surface area (Å²) in [5.74, 6) is -0.363. The molecule has 0 aromatic heterocycles. The number of amides is 1. The first-order valence-electron chi connectivity index (χ1n) is 4.82. The topological polar surface area (TPSA) is 75.1 Å². The van der Waals surface area contributed by atoms with Crippen LogP contribution in [0.3, 0.4) is 0 Å². The molecule has 0 aliphatic heterocycles. The van der Waals surface area contributed by atoms with Crippen LogP contribution in [0.5, 0.6) is 0 Å². The SMILES string of the molecule is COC1CCCC(C(=O)N=[N+]=[N-])C1C. The molecule has 14 heavy (non-hydrogen) atoms. The van der Waals surface area contributed by atoms with Crippen molar-refractivity contribution < 1.29 is 9.53 Å². The lowest BCUT2D eigenvalue weighted by Crippen LogP contribution is -2.35. The van der Waals surface area contributed by atoms with Gasteiger partial charge in [-0.2, -0.15) is 0 Å². The average Bonchev–Trinajstić information content (AvgIpc) is 2.18. The van der Waals surface area contributed by atoms with E-state index in [1.54, 1.807) is 7.11 Å². The van der Waals surface area contributed by atoms with Crippen LogP contribution in [0.25, 0.3) is 10.4 Å². The van der Waals surface area contributed by atoms with E-state index < -0.39 is 0 Å². The largest absolute Gasteiger partial charge is 0.381 e. The second kappa shape index (κ2) is 4.98. The van der Waals surface area contributed by atoms with Crippen LogP contribution in [0.2, 0.25) is 0 Å². The molecule has 0 aromatic carbocycles. The molecule has 5 nitrogen and oxygen atoms in total. The quantitative estimate of drug-likeness (QED) is 0.387. The maximum absolute atomic E-state index is 11.4. The fraction of sp³-hybridized carbons (Fsp3) is 0.889. The van der Waals surface area contributed by atoms with Crippen LogP contribution < -0.4 is 0 Å². The van der Waals surface area contributed by atoms with Crippen molar-refractivity contribution in [3.05, 3.63) is 10.4 Å². The minimum atomic E-state index is -0.346. The third kappa shape index (κ3) is 2.25. The van der Waals surface area contributed by atoms with Gasteiger partial charge in [-0.15, -0.1) is 0 Å². The molecule has 0 bridgehead atoms. The number of azide groups is 1. The molecule has 3 unspecified atom stereocenters. The van der Waals surface area contributed by atoms with Gasteiger partial charge in [-0.05, 0) is 29.4 Å². The van der Waals surface area contributed by atoms with Crippen LogP contribution in [0.4, 0.5) is 0 Å². The zero-order valence-corrected chi connectivity index (χ0v) is 8.51. The van der Waals surface area contributed by atoms with Gasteiger partial charge in [-0.3, -0.25) is 4.79 Å². The Hall–Kier alpha value is -1.06. The molecule has 0 N–H and O–H groups in total. The summed E-state index contributed by atoms with van der Waals surface area (Å²) in [6.07, 6.45) is 2.86. The maximum atomic E-state index is 11.4. The van der Waals surface area contributed by atoms with E-state index >= 15 is 0 Å². The molecule has 1 amide bonds. The number of hydrogen-bond donors (Lipinski definition) is 0. The van der Waals surface area contributed by atoms with E-state index in [0.29, 0.717) is 0 Å². The summed E-state index contributed by atoms with van der Waals surface area (Å²) in [7, 11) is 1.65. The number of hydrogen-bond acceptors (Lipinski definition) is 2. The molecule has 1 saturated carbocycles. The number of carbonyl (C=O) groups is 1. The van der Waals surface area contributed by atoms with Gasteiger partial charge in [-0.1, -0.05) is 13.3 Å². The Balaban J connectivity index is 2.68. The highest BCUT2D eigenvalue weighted by atomic mass is 16.5. The van der Waals surface area contributed by atoms with Gasteiger partial charge in [0.2, 0.25) is 5.91 Å². The van der Waals surface area contributed by atoms with Crippen molar-refractivity contribution in [3.8, 4) is 0 Å². The van der Waals surface area contributed by atoms with Gasteiger partial charge in [0.1, 0.15) is 0 Å². The van der Waals surface area contributed by atoms with E-state index in [2.05, 4.69) is 10.0 Å². The van der Waals surface area contributed by atoms with Crippen molar-refractivity contribution >= 4 is 5.91 Å². The number of methoxy groups -OCH3 is 1. The van der Waals surface area contributed by atoms with Crippen molar-refractivity contribution in [2.75, 3.05) is 7.11 Å². The second-order valence-corrected chi connectivity index (χ2v) is 3.70. The third-order valence-corrected chi connectivity index (χ3v) is 2.99. The Kier molecular flexibility index (Phi) is 3.92. The molecule has 1 aliphatic rings. The van der Waals surface area contributed by atoms with Crippen LogP contribution >= 0.6 is 0 Å². The predicted molar refractivity (Wildman–Crippen MR) is 51.5 cm³/mol. The summed E-state index contributed by atoms with van der Waals surface area (Å²) < 4.78 is 5.27. The lowest BCUT2D eigenvalue weighted by Gasteiger charge is -2.33. The highest BCUT2D eigenvalue weighted by molar-refractivity contribution is 5.79. The number of rotatable bonds is 2. The normalized spacial score (nSPS) is 32.0. The fourth-order valence-corrected chi connectivity index (χ4v) is 2.12. The van der Waals surface area contributed by atoms with Crippen LogP contribution in [-0.2, 0) is 9.53 Å². The minimum Gasteiger partial charge on any atom is -0.381 e. The van der Waals surface area contributed by atoms with Crippen LogP contribution in [0.1, 0.15) is 26.2 Å². The Bertz CT molecular complexity index is 261. The summed E-state index contributed by atoms with van der Waals surface area (Å²) in [5, 5.41) is 3.15. The number of nitrogens with zero attached hydrogens (tertiary/aromatic N) is 3. The van der Waals surface area contributed by atoms with Gasteiger partial charge in [0.25, 0.3) is 0 Å². The highest BCUT2D eigenvalue weighted by Gasteiger charge is 2.33. The van der Waals surface area contributed by atoms with Gasteiger partial charge in [0.15, 0.2) is 0 Å². The maximum Gasteiger partial charge on any atom is 0.222 e. The predicted octanol–water partition coefficient (Wildman–Crippen LogP) is 2.27. The van der Waals surface area contributed by atoms with E-state index in [4.69, 9.17) is 10.3 Å². The Labute approximate surface area is 83.1 Å². The lowest BCUT2D eigenvalue weighted by atomic mass is 9.78. The number of carbonyl (C=O) groups excluding carboxylic acids is 1. The van der Waals surface area contributed by atoms with Gasteiger partial charge in [0.05, 0.1) is 6.10 Å². The zero-order chi connectivity index (χ0) is 10.6. The van der Waals surface area contributed by atoms with Gasteiger partial charge < -0.3 is 4.74 Å². The standard InChI is InChI=1S/C9H15N3O2/c1-6-7(9(13)11-12-10)4-3-5-8(6)14-2/h6-8H,3-5H2,1-2H3. The third-order valence-electron chi connectivity index (χ3n) is 2.99. The molecular formula is C9H15N3O2. The highest BCUT2D eigenvalue weighted by Crippen LogP contribution is 2.32. The molecule has 0 spiro atoms. The Morgan fingerprint density at radius 1 is 1.57 bits per heavy atom. The molecule has 1 aliphatic carbocycles. The lowest BCUT2D eigenvalue weighted by molar-refractivity contribution is -0.127. The van der Waals surface area contributed by atoms with Crippen molar-refractivity contribution in [3.63, 3.8) is 0 Å². The van der Waals surface area contributed by atoms with Crippen LogP contribution in [-0.4, -0.2) is 19.1 Å². The smallest absolute Gasteiger partial charge is 0.222 e. The van der Waals surface area contributed by atoms with Gasteiger partial charge >= 0.3 is 0 Å². The zero-order valence-electron chi connectivity index (χ0n) is 8.51. The molecule has 1 fully saturated rings. The van der Waals surface area contributed by atoms with Crippen molar-refractivity contribution in [1.29, 1.82) is 0 Å². The van der Waals surface area contributed by atoms with E-state index in [1.165, 1.54) is 0 Å². The number of ether oxygens (including phenoxy) is 1. The van der Waals surface area contributed by atoms with Crippen molar-refractivity contribution in [1.82, 2.24) is 0 Å². The molecule has 5 heteroatoms. The second-order valence-electron chi connectivity index (χ2n) is 3.70. The first-order valence-corrected chi connectivity index (χ1v) is 4.82. The monoisotopic (exact) mass is 197 g/mol. The molecule has 78 valence electrons. The summed E-state index contributed by atoms with van der Waals surface area (Å²) in [6.45, 7) is 1.97. The summed E-state index contributed by atoms with van der Waals surface area (Å²) in [4.78, 5) is 13.9. The molecule has 0 aromatic rings. The Morgan fingerprint density at radius 2 is 2.29 bits per heavy atom. The first kappa shape index (κ1) is 11.0. The molecule has 0 saturated heterocycles. The molecule has 0 radical (unpaired) electrons. The summed E-state index contributed by atoms with van der Waals surface area (Å²) >= 11 is 0. The fourth-order valence-electron chi connectivity index (χ4n) is 2.12. The van der Waals surface area contributed by atoms with E-state index in [0.717, 1.165) is 19.3 Å². The van der Waals surface area contributed by atoms with Crippen LogP contribution in [0, 0.1) is 11.8 Å². The molecule has 3 atom stereocenters. The Morgan fingerprint density at radius 3 is 2.86 bits per heavy atom. The molecule has 1 rings (SSSR count). The van der Waals surface area contributed by atoms with E-state index in [-0.39, 0.29) is 23.8 Å². The molecular weight excluding hydrogens is 182 g/mol. The van der Waals surface area contributed by atoms with Crippen molar-refractivity contribution in [2.45, 2.75) is 32.3 Å². The van der Waals surface area contributed by atoms with Gasteiger partial charge in [0, 0.05) is 17.9 Å². The molecule has 0 heterocycles. The van der Waals surface area contributed by atoms with E-state index in [1.807, 2.05) is 6.92 Å². The average molecular weight is 197 g/mol. The first-order chi connectivity index (χ1) is 6.70.